The standard InChI is InChI=1S/C18H17NO4/c1-2-14-17(18(22)23)13-8-7-12(20)9-15(13)19(14)10-11-5-3-4-6-16(11)21/h3-9,20-21H,2,10H2,1H3,(H,22,23). The van der Waals surface area contributed by atoms with Crippen molar-refractivity contribution >= 4 is 16.9 Å². The summed E-state index contributed by atoms with van der Waals surface area (Å²) >= 11 is 0. The van der Waals surface area contributed by atoms with Gasteiger partial charge >= 0.3 is 5.97 Å². The first-order chi connectivity index (χ1) is 11.0. The number of phenolic OH excluding ortho intramolecular Hbond substituents is 2. The molecule has 0 fully saturated rings. The maximum absolute atomic E-state index is 11.7. The molecule has 0 aliphatic carbocycles. The van der Waals surface area contributed by atoms with Gasteiger partial charge in [0.1, 0.15) is 11.5 Å². The highest BCUT2D eigenvalue weighted by molar-refractivity contribution is 6.05. The Bertz CT molecular complexity index is 895. The lowest BCUT2D eigenvalue weighted by atomic mass is 10.1. The van der Waals surface area contributed by atoms with Crippen molar-refractivity contribution in [1.29, 1.82) is 0 Å². The Hall–Kier alpha value is -2.95. The predicted molar refractivity (Wildman–Crippen MR) is 87.1 cm³/mol. The fraction of sp³-hybridized carbons (Fsp3) is 0.167. The zero-order chi connectivity index (χ0) is 16.6. The van der Waals surface area contributed by atoms with Gasteiger partial charge < -0.3 is 19.9 Å². The number of benzene rings is 2. The lowest BCUT2D eigenvalue weighted by Crippen LogP contribution is -2.07. The summed E-state index contributed by atoms with van der Waals surface area (Å²) in [7, 11) is 0. The van der Waals surface area contributed by atoms with E-state index in [9.17, 15) is 20.1 Å². The van der Waals surface area contributed by atoms with Gasteiger partial charge in [-0.05, 0) is 24.6 Å². The van der Waals surface area contributed by atoms with Gasteiger partial charge in [0, 0.05) is 22.7 Å². The lowest BCUT2D eigenvalue weighted by molar-refractivity contribution is 0.0697. The highest BCUT2D eigenvalue weighted by Gasteiger charge is 2.21. The van der Waals surface area contributed by atoms with Gasteiger partial charge in [0.2, 0.25) is 0 Å². The van der Waals surface area contributed by atoms with Gasteiger partial charge in [-0.25, -0.2) is 4.79 Å². The second kappa shape index (κ2) is 5.68. The maximum Gasteiger partial charge on any atom is 0.338 e. The molecule has 0 saturated carbocycles. The number of phenols is 2. The van der Waals surface area contributed by atoms with Gasteiger partial charge in [-0.1, -0.05) is 25.1 Å². The summed E-state index contributed by atoms with van der Waals surface area (Å²) in [6.45, 7) is 2.23. The van der Waals surface area contributed by atoms with Crippen LogP contribution < -0.4 is 0 Å². The van der Waals surface area contributed by atoms with Gasteiger partial charge in [-0.15, -0.1) is 0 Å². The molecule has 1 heterocycles. The minimum atomic E-state index is -0.992. The van der Waals surface area contributed by atoms with Crippen molar-refractivity contribution < 1.29 is 20.1 Å². The Kier molecular flexibility index (Phi) is 3.70. The van der Waals surface area contributed by atoms with E-state index in [0.29, 0.717) is 35.1 Å². The van der Waals surface area contributed by atoms with Crippen LogP contribution in [0.25, 0.3) is 10.9 Å². The normalized spacial score (nSPS) is 11.0. The molecule has 0 atom stereocenters. The Morgan fingerprint density at radius 1 is 1.13 bits per heavy atom. The summed E-state index contributed by atoms with van der Waals surface area (Å²) in [4.78, 5) is 11.7. The number of carboxylic acid groups (broad SMARTS) is 1. The molecule has 118 valence electrons. The molecular weight excluding hydrogens is 294 g/mol. The fourth-order valence-corrected chi connectivity index (χ4v) is 2.99. The van der Waals surface area contributed by atoms with Crippen molar-refractivity contribution in [3.8, 4) is 11.5 Å². The third kappa shape index (κ3) is 2.50. The molecule has 3 rings (SSSR count). The van der Waals surface area contributed by atoms with E-state index >= 15 is 0 Å². The number of aromatic carboxylic acids is 1. The Labute approximate surface area is 133 Å². The van der Waals surface area contributed by atoms with E-state index in [-0.39, 0.29) is 17.1 Å². The molecule has 0 bridgehead atoms. The predicted octanol–water partition coefficient (Wildman–Crippen LogP) is 3.36. The molecule has 2 aromatic carbocycles. The zero-order valence-electron chi connectivity index (χ0n) is 12.7. The second-order valence-corrected chi connectivity index (χ2v) is 5.40. The van der Waals surface area contributed by atoms with Crippen LogP contribution in [0.3, 0.4) is 0 Å². The molecule has 3 aromatic rings. The van der Waals surface area contributed by atoms with E-state index in [4.69, 9.17) is 0 Å². The first-order valence-corrected chi connectivity index (χ1v) is 7.37. The number of aromatic nitrogens is 1. The number of fused-ring (bicyclic) bond motifs is 1. The van der Waals surface area contributed by atoms with Crippen LogP contribution >= 0.6 is 0 Å². The van der Waals surface area contributed by atoms with Gasteiger partial charge in [0.15, 0.2) is 0 Å². The van der Waals surface area contributed by atoms with Crippen LogP contribution in [0, 0.1) is 0 Å². The molecule has 0 unspecified atom stereocenters. The smallest absolute Gasteiger partial charge is 0.338 e. The largest absolute Gasteiger partial charge is 0.508 e. The highest BCUT2D eigenvalue weighted by atomic mass is 16.4. The molecule has 0 spiro atoms. The number of aromatic hydroxyl groups is 2. The Balaban J connectivity index is 2.28. The molecule has 0 aliphatic rings. The summed E-state index contributed by atoms with van der Waals surface area (Å²) < 4.78 is 1.84. The quantitative estimate of drug-likeness (QED) is 0.690. The molecular formula is C18H17NO4. The van der Waals surface area contributed by atoms with Crippen LogP contribution in [0.2, 0.25) is 0 Å². The van der Waals surface area contributed by atoms with Gasteiger partial charge in [0.25, 0.3) is 0 Å². The number of nitrogens with zero attached hydrogens (tertiary/aromatic N) is 1. The van der Waals surface area contributed by atoms with Gasteiger partial charge in [-0.2, -0.15) is 0 Å². The van der Waals surface area contributed by atoms with Crippen molar-refractivity contribution in [2.75, 3.05) is 0 Å². The van der Waals surface area contributed by atoms with Crippen molar-refractivity contribution in [3.05, 3.63) is 59.3 Å². The molecule has 0 aliphatic heterocycles. The molecule has 23 heavy (non-hydrogen) atoms. The topological polar surface area (TPSA) is 82.7 Å². The molecule has 5 nitrogen and oxygen atoms in total. The van der Waals surface area contributed by atoms with Crippen LogP contribution in [0.4, 0.5) is 0 Å². The number of carbonyl (C=O) groups is 1. The monoisotopic (exact) mass is 311 g/mol. The SMILES string of the molecule is CCc1c(C(=O)O)c2ccc(O)cc2n1Cc1ccccc1O. The summed E-state index contributed by atoms with van der Waals surface area (Å²) in [5.41, 5.74) is 2.25. The summed E-state index contributed by atoms with van der Waals surface area (Å²) in [5, 5.41) is 29.9. The third-order valence-electron chi connectivity index (χ3n) is 4.02. The van der Waals surface area contributed by atoms with Crippen LogP contribution in [0.1, 0.15) is 28.5 Å². The van der Waals surface area contributed by atoms with E-state index in [1.54, 1.807) is 30.3 Å². The van der Waals surface area contributed by atoms with E-state index in [1.165, 1.54) is 6.07 Å². The van der Waals surface area contributed by atoms with Crippen molar-refractivity contribution in [2.24, 2.45) is 0 Å². The van der Waals surface area contributed by atoms with Crippen LogP contribution in [-0.2, 0) is 13.0 Å². The number of rotatable bonds is 4. The summed E-state index contributed by atoms with van der Waals surface area (Å²) in [6.07, 6.45) is 0.532. The molecule has 3 N–H and O–H groups in total. The fourth-order valence-electron chi connectivity index (χ4n) is 2.99. The number of carboxylic acids is 1. The highest BCUT2D eigenvalue weighted by Crippen LogP contribution is 2.31. The minimum Gasteiger partial charge on any atom is -0.508 e. The number of hydrogen-bond donors (Lipinski definition) is 3. The minimum absolute atomic E-state index is 0.0770. The van der Waals surface area contributed by atoms with Gasteiger partial charge in [-0.3, -0.25) is 0 Å². The van der Waals surface area contributed by atoms with Crippen molar-refractivity contribution in [2.45, 2.75) is 19.9 Å². The van der Waals surface area contributed by atoms with Crippen LogP contribution in [0.15, 0.2) is 42.5 Å². The van der Waals surface area contributed by atoms with Crippen molar-refractivity contribution in [3.63, 3.8) is 0 Å². The zero-order valence-corrected chi connectivity index (χ0v) is 12.7. The molecule has 0 radical (unpaired) electrons. The van der Waals surface area contributed by atoms with E-state index in [1.807, 2.05) is 17.6 Å². The average Bonchev–Trinajstić information content (AvgIpc) is 2.82. The Morgan fingerprint density at radius 3 is 2.52 bits per heavy atom. The molecule has 5 heteroatoms. The van der Waals surface area contributed by atoms with E-state index in [0.717, 1.165) is 0 Å². The third-order valence-corrected chi connectivity index (χ3v) is 4.02. The Morgan fingerprint density at radius 2 is 1.87 bits per heavy atom. The lowest BCUT2D eigenvalue weighted by Gasteiger charge is -2.11. The second-order valence-electron chi connectivity index (χ2n) is 5.40. The average molecular weight is 311 g/mol. The summed E-state index contributed by atoms with van der Waals surface area (Å²) in [5.74, 6) is -0.755. The van der Waals surface area contributed by atoms with Crippen molar-refractivity contribution in [1.82, 2.24) is 4.57 Å². The molecule has 0 amide bonds. The summed E-state index contributed by atoms with van der Waals surface area (Å²) in [6, 6.07) is 11.6. The van der Waals surface area contributed by atoms with Gasteiger partial charge in [0.05, 0.1) is 17.6 Å². The van der Waals surface area contributed by atoms with E-state index < -0.39 is 5.97 Å². The van der Waals surface area contributed by atoms with Crippen LogP contribution in [0.5, 0.6) is 11.5 Å². The number of hydrogen-bond acceptors (Lipinski definition) is 3. The first-order valence-electron chi connectivity index (χ1n) is 7.37. The number of para-hydroxylation sites is 1. The van der Waals surface area contributed by atoms with E-state index in [2.05, 4.69) is 0 Å². The van der Waals surface area contributed by atoms with Crippen LogP contribution in [-0.4, -0.2) is 25.9 Å². The molecule has 0 saturated heterocycles. The maximum atomic E-state index is 11.7. The first kappa shape index (κ1) is 15.0. The molecule has 1 aromatic heterocycles.